The number of benzene rings is 3. The van der Waals surface area contributed by atoms with E-state index in [4.69, 9.17) is 11.5 Å². The zero-order valence-electron chi connectivity index (χ0n) is 28.2. The molecule has 4 rings (SSSR count). The van der Waals surface area contributed by atoms with Gasteiger partial charge in [-0.1, -0.05) is 92.7 Å². The van der Waals surface area contributed by atoms with Gasteiger partial charge in [-0.2, -0.15) is 0 Å². The lowest BCUT2D eigenvalue weighted by Gasteiger charge is -2.31. The topological polar surface area (TPSA) is 156 Å². The van der Waals surface area contributed by atoms with Crippen molar-refractivity contribution in [2.45, 2.75) is 70.7 Å². The van der Waals surface area contributed by atoms with Gasteiger partial charge in [0, 0.05) is 17.5 Å². The van der Waals surface area contributed by atoms with Crippen molar-refractivity contribution < 1.29 is 24.3 Å². The van der Waals surface area contributed by atoms with Crippen LogP contribution in [0.15, 0.2) is 102 Å². The standard InChI is InChI=1S/C39H46N4O5S/c1-25(2)21-32(41)36(45)30-17-10-11-18-33(30)43(38(47)26(3)42-37(46)35-19-12-20-49-35)39(48)29(22-27-13-6-4-7-14-27)24-34(44)31(40)23-28-15-8-5-9-16-28/h4-20,25-26,29,31-32,34,44H,21-24,40-41H2,1-3H3,(H,42,46)/t26?,29-,31+,32?,34+/m1/s1. The number of hydrogen-bond acceptors (Lipinski definition) is 8. The molecule has 3 amide bonds. The van der Waals surface area contributed by atoms with Crippen molar-refractivity contribution in [2.75, 3.05) is 4.90 Å². The first-order valence-electron chi connectivity index (χ1n) is 16.6. The van der Waals surface area contributed by atoms with Crippen LogP contribution in [0.25, 0.3) is 0 Å². The minimum Gasteiger partial charge on any atom is -0.391 e. The van der Waals surface area contributed by atoms with E-state index < -0.39 is 53.7 Å². The number of Topliss-reactive ketones (excluding diaryl/α,β-unsaturated/α-hetero) is 1. The lowest BCUT2D eigenvalue weighted by molar-refractivity contribution is -0.130. The van der Waals surface area contributed by atoms with Gasteiger partial charge >= 0.3 is 0 Å². The fourth-order valence-electron chi connectivity index (χ4n) is 5.81. The summed E-state index contributed by atoms with van der Waals surface area (Å²) in [4.78, 5) is 57.4. The maximum Gasteiger partial charge on any atom is 0.261 e. The minimum atomic E-state index is -1.14. The SMILES string of the molecule is CC(C)CC(N)C(=O)c1ccccc1N(C(=O)C(C)NC(=O)c1cccs1)C(=O)[C@H](Cc1ccccc1)C[C@H](O)[C@@H](N)Cc1ccccc1. The summed E-state index contributed by atoms with van der Waals surface area (Å²) in [6, 6.07) is 25.9. The second-order valence-electron chi connectivity index (χ2n) is 12.8. The molecule has 49 heavy (non-hydrogen) atoms. The van der Waals surface area contributed by atoms with E-state index in [1.54, 1.807) is 35.7 Å². The quantitative estimate of drug-likeness (QED) is 0.119. The number of aliphatic hydroxyl groups is 1. The van der Waals surface area contributed by atoms with Crippen LogP contribution in [0.3, 0.4) is 0 Å². The van der Waals surface area contributed by atoms with Crippen LogP contribution in [0.1, 0.15) is 64.8 Å². The van der Waals surface area contributed by atoms with Crippen LogP contribution in [0.4, 0.5) is 5.69 Å². The molecule has 1 aromatic heterocycles. The first kappa shape index (κ1) is 37.3. The molecule has 5 atom stereocenters. The molecule has 0 bridgehead atoms. The molecule has 0 saturated carbocycles. The van der Waals surface area contributed by atoms with Crippen LogP contribution in [0.5, 0.6) is 0 Å². The van der Waals surface area contributed by atoms with Crippen LogP contribution in [0.2, 0.25) is 0 Å². The Kier molecular flexibility index (Phi) is 13.6. The van der Waals surface area contributed by atoms with Crippen LogP contribution in [-0.4, -0.2) is 52.8 Å². The van der Waals surface area contributed by atoms with Gasteiger partial charge in [-0.25, -0.2) is 4.90 Å². The normalized spacial score (nSPS) is 14.3. The zero-order valence-corrected chi connectivity index (χ0v) is 29.0. The number of para-hydroxylation sites is 1. The highest BCUT2D eigenvalue weighted by Gasteiger charge is 2.37. The summed E-state index contributed by atoms with van der Waals surface area (Å²) in [6.45, 7) is 5.41. The largest absolute Gasteiger partial charge is 0.391 e. The second kappa shape index (κ2) is 17.8. The molecule has 3 aromatic carbocycles. The zero-order chi connectivity index (χ0) is 35.5. The summed E-state index contributed by atoms with van der Waals surface area (Å²) < 4.78 is 0. The Morgan fingerprint density at radius 2 is 1.35 bits per heavy atom. The third-order valence-electron chi connectivity index (χ3n) is 8.38. The van der Waals surface area contributed by atoms with Crippen molar-refractivity contribution in [1.29, 1.82) is 0 Å². The molecule has 6 N–H and O–H groups in total. The Morgan fingerprint density at radius 3 is 1.94 bits per heavy atom. The van der Waals surface area contributed by atoms with Gasteiger partial charge in [-0.05, 0) is 73.2 Å². The monoisotopic (exact) mass is 682 g/mol. The summed E-state index contributed by atoms with van der Waals surface area (Å²) in [7, 11) is 0. The molecule has 0 radical (unpaired) electrons. The average molecular weight is 683 g/mol. The van der Waals surface area contributed by atoms with E-state index >= 15 is 0 Å². The molecular weight excluding hydrogens is 637 g/mol. The molecule has 0 aliphatic carbocycles. The van der Waals surface area contributed by atoms with Gasteiger partial charge < -0.3 is 21.9 Å². The lowest BCUT2D eigenvalue weighted by atomic mass is 9.88. The highest BCUT2D eigenvalue weighted by molar-refractivity contribution is 7.12. The number of rotatable bonds is 16. The number of thiophene rings is 1. The fourth-order valence-corrected chi connectivity index (χ4v) is 6.44. The molecule has 9 nitrogen and oxygen atoms in total. The Bertz CT molecular complexity index is 1680. The van der Waals surface area contributed by atoms with Gasteiger partial charge in [0.1, 0.15) is 6.04 Å². The minimum absolute atomic E-state index is 0.0512. The highest BCUT2D eigenvalue weighted by atomic mass is 32.1. The number of carbonyl (C=O) groups excluding carboxylic acids is 4. The van der Waals surface area contributed by atoms with Gasteiger partial charge in [0.15, 0.2) is 5.78 Å². The van der Waals surface area contributed by atoms with Crippen LogP contribution < -0.4 is 21.7 Å². The predicted molar refractivity (Wildman–Crippen MR) is 194 cm³/mol. The number of aliphatic hydroxyl groups excluding tert-OH is 1. The van der Waals surface area contributed by atoms with Gasteiger partial charge in [-0.3, -0.25) is 19.2 Å². The third-order valence-corrected chi connectivity index (χ3v) is 9.25. The number of nitrogens with zero attached hydrogens (tertiary/aromatic N) is 1. The Balaban J connectivity index is 1.74. The van der Waals surface area contributed by atoms with E-state index in [0.717, 1.165) is 16.0 Å². The summed E-state index contributed by atoms with van der Waals surface area (Å²) in [5.74, 6) is -3.02. The summed E-state index contributed by atoms with van der Waals surface area (Å²) >= 11 is 1.22. The lowest BCUT2D eigenvalue weighted by Crippen LogP contribution is -2.52. The molecule has 0 aliphatic rings. The van der Waals surface area contributed by atoms with Crippen molar-refractivity contribution in [3.63, 3.8) is 0 Å². The fraction of sp³-hybridized carbons (Fsp3) is 0.333. The molecule has 2 unspecified atom stereocenters. The highest BCUT2D eigenvalue weighted by Crippen LogP contribution is 2.29. The molecule has 258 valence electrons. The second-order valence-corrected chi connectivity index (χ2v) is 13.8. The van der Waals surface area contributed by atoms with Gasteiger partial charge in [-0.15, -0.1) is 11.3 Å². The number of carbonyl (C=O) groups is 4. The van der Waals surface area contributed by atoms with Crippen molar-refractivity contribution in [3.05, 3.63) is 124 Å². The summed E-state index contributed by atoms with van der Waals surface area (Å²) in [5, 5.41) is 15.9. The van der Waals surface area contributed by atoms with Crippen molar-refractivity contribution in [2.24, 2.45) is 23.3 Å². The van der Waals surface area contributed by atoms with E-state index in [9.17, 15) is 24.3 Å². The van der Waals surface area contributed by atoms with Crippen molar-refractivity contribution in [3.8, 4) is 0 Å². The Morgan fingerprint density at radius 1 is 0.755 bits per heavy atom. The van der Waals surface area contributed by atoms with E-state index in [-0.39, 0.29) is 30.0 Å². The maximum atomic E-state index is 14.8. The van der Waals surface area contributed by atoms with Crippen LogP contribution >= 0.6 is 11.3 Å². The molecule has 0 spiro atoms. The smallest absolute Gasteiger partial charge is 0.261 e. The Labute approximate surface area is 292 Å². The molecule has 0 saturated heterocycles. The van der Waals surface area contributed by atoms with Crippen molar-refractivity contribution in [1.82, 2.24) is 5.32 Å². The first-order valence-corrected chi connectivity index (χ1v) is 17.5. The molecule has 4 aromatic rings. The number of anilines is 1. The van der Waals surface area contributed by atoms with E-state index in [1.165, 1.54) is 24.3 Å². The van der Waals surface area contributed by atoms with Gasteiger partial charge in [0.2, 0.25) is 5.91 Å². The molecule has 1 heterocycles. The summed E-state index contributed by atoms with van der Waals surface area (Å²) in [6.07, 6.45) is -0.165. The number of hydrogen-bond donors (Lipinski definition) is 4. The maximum absolute atomic E-state index is 14.8. The number of nitrogens with two attached hydrogens (primary N) is 2. The van der Waals surface area contributed by atoms with Crippen LogP contribution in [-0.2, 0) is 22.4 Å². The predicted octanol–water partition coefficient (Wildman–Crippen LogP) is 5.16. The third kappa shape index (κ3) is 10.3. The number of nitrogens with one attached hydrogen (secondary N) is 1. The average Bonchev–Trinajstić information content (AvgIpc) is 3.64. The molecular formula is C39H46N4O5S. The number of imide groups is 1. The molecule has 0 aliphatic heterocycles. The first-order chi connectivity index (χ1) is 23.5. The number of amides is 3. The van der Waals surface area contributed by atoms with E-state index in [1.807, 2.05) is 74.5 Å². The molecule has 0 fully saturated rings. The number of ketones is 1. The van der Waals surface area contributed by atoms with E-state index in [2.05, 4.69) is 5.32 Å². The molecule has 10 heteroatoms. The Hall–Kier alpha value is -4.48. The van der Waals surface area contributed by atoms with Gasteiger partial charge in [0.25, 0.3) is 11.8 Å². The van der Waals surface area contributed by atoms with Gasteiger partial charge in [0.05, 0.1) is 22.7 Å². The van der Waals surface area contributed by atoms with E-state index in [0.29, 0.717) is 17.7 Å². The van der Waals surface area contributed by atoms with Crippen LogP contribution in [0, 0.1) is 11.8 Å². The summed E-state index contributed by atoms with van der Waals surface area (Å²) in [5.41, 5.74) is 14.8. The van der Waals surface area contributed by atoms with Crippen molar-refractivity contribution >= 4 is 40.5 Å².